The number of hydrogen-bond acceptors (Lipinski definition) is 2. The first-order valence-corrected chi connectivity index (χ1v) is 8.74. The van der Waals surface area contributed by atoms with Crippen molar-refractivity contribution in [1.82, 2.24) is 0 Å². The number of aryl methyl sites for hydroxylation is 3. The Labute approximate surface area is 148 Å². The Hall–Kier alpha value is -2.62. The van der Waals surface area contributed by atoms with Crippen LogP contribution in [0.15, 0.2) is 42.5 Å². The monoisotopic (exact) mass is 336 g/mol. The average molecular weight is 336 g/mol. The van der Waals surface area contributed by atoms with Gasteiger partial charge in [0.25, 0.3) is 0 Å². The minimum Gasteiger partial charge on any atom is -0.326 e. The van der Waals surface area contributed by atoms with Crippen molar-refractivity contribution in [3.05, 3.63) is 59.2 Å². The molecule has 0 aromatic heterocycles. The van der Waals surface area contributed by atoms with Gasteiger partial charge < -0.3 is 10.2 Å². The smallest absolute Gasteiger partial charge is 0.229 e. The lowest BCUT2D eigenvalue weighted by Gasteiger charge is -2.18. The lowest BCUT2D eigenvalue weighted by Crippen LogP contribution is -2.28. The molecule has 1 aliphatic rings. The quantitative estimate of drug-likeness (QED) is 0.922. The highest BCUT2D eigenvalue weighted by atomic mass is 16.2. The van der Waals surface area contributed by atoms with E-state index in [-0.39, 0.29) is 24.2 Å². The Bertz CT molecular complexity index is 776. The fourth-order valence-corrected chi connectivity index (χ4v) is 3.31. The molecule has 0 unspecified atom stereocenters. The highest BCUT2D eigenvalue weighted by Gasteiger charge is 2.35. The van der Waals surface area contributed by atoms with E-state index < -0.39 is 0 Å². The van der Waals surface area contributed by atoms with Crippen molar-refractivity contribution in [3.8, 4) is 0 Å². The molecule has 1 heterocycles. The number of benzene rings is 2. The van der Waals surface area contributed by atoms with Crippen LogP contribution < -0.4 is 10.2 Å². The van der Waals surface area contributed by atoms with Crippen LogP contribution in [0, 0.1) is 19.8 Å². The van der Waals surface area contributed by atoms with Crippen molar-refractivity contribution >= 4 is 23.2 Å². The van der Waals surface area contributed by atoms with Gasteiger partial charge in [0.15, 0.2) is 0 Å². The molecule has 130 valence electrons. The second kappa shape index (κ2) is 7.09. The molecule has 1 fully saturated rings. The average Bonchev–Trinajstić information content (AvgIpc) is 2.97. The first-order chi connectivity index (χ1) is 12.0. The van der Waals surface area contributed by atoms with Gasteiger partial charge in [-0.1, -0.05) is 25.1 Å². The van der Waals surface area contributed by atoms with E-state index >= 15 is 0 Å². The summed E-state index contributed by atoms with van der Waals surface area (Å²) in [4.78, 5) is 26.7. The van der Waals surface area contributed by atoms with Gasteiger partial charge in [0, 0.05) is 24.3 Å². The molecule has 3 rings (SSSR count). The van der Waals surface area contributed by atoms with Gasteiger partial charge >= 0.3 is 0 Å². The second-order valence-corrected chi connectivity index (χ2v) is 6.79. The number of nitrogens with one attached hydrogen (secondary N) is 1. The topological polar surface area (TPSA) is 49.4 Å². The summed E-state index contributed by atoms with van der Waals surface area (Å²) in [5, 5.41) is 2.93. The highest BCUT2D eigenvalue weighted by molar-refractivity contribution is 6.03. The summed E-state index contributed by atoms with van der Waals surface area (Å²) in [7, 11) is 0. The maximum atomic E-state index is 12.5. The molecule has 1 atom stereocenters. The zero-order valence-electron chi connectivity index (χ0n) is 15.0. The molecule has 1 aliphatic heterocycles. The van der Waals surface area contributed by atoms with Crippen LogP contribution in [-0.2, 0) is 16.0 Å². The van der Waals surface area contributed by atoms with Crippen LogP contribution in [-0.4, -0.2) is 18.4 Å². The number of amides is 2. The van der Waals surface area contributed by atoms with Crippen molar-refractivity contribution in [1.29, 1.82) is 0 Å². The molecule has 0 radical (unpaired) electrons. The predicted molar refractivity (Wildman–Crippen MR) is 101 cm³/mol. The van der Waals surface area contributed by atoms with Gasteiger partial charge in [-0.25, -0.2) is 0 Å². The van der Waals surface area contributed by atoms with Crippen molar-refractivity contribution in [2.75, 3.05) is 16.8 Å². The third-order valence-electron chi connectivity index (χ3n) is 4.64. The summed E-state index contributed by atoms with van der Waals surface area (Å²) in [5.41, 5.74) is 5.12. The van der Waals surface area contributed by atoms with Gasteiger partial charge in [-0.2, -0.15) is 0 Å². The summed E-state index contributed by atoms with van der Waals surface area (Å²) in [6.07, 6.45) is 1.22. The van der Waals surface area contributed by atoms with Crippen molar-refractivity contribution in [2.24, 2.45) is 5.92 Å². The SMILES string of the molecule is CCc1ccc(NC(=O)[C@H]2CC(=O)N(c3cc(C)cc(C)c3)C2)cc1. The van der Waals surface area contributed by atoms with Crippen LogP contribution in [0.5, 0.6) is 0 Å². The minimum atomic E-state index is -0.320. The molecule has 4 heteroatoms. The Kier molecular flexibility index (Phi) is 4.88. The van der Waals surface area contributed by atoms with E-state index in [1.54, 1.807) is 4.90 Å². The molecule has 25 heavy (non-hydrogen) atoms. The normalized spacial score (nSPS) is 17.0. The largest absolute Gasteiger partial charge is 0.326 e. The summed E-state index contributed by atoms with van der Waals surface area (Å²) < 4.78 is 0. The van der Waals surface area contributed by atoms with Crippen molar-refractivity contribution in [2.45, 2.75) is 33.6 Å². The van der Waals surface area contributed by atoms with Gasteiger partial charge in [0.05, 0.1) is 5.92 Å². The first kappa shape index (κ1) is 17.2. The number of hydrogen-bond donors (Lipinski definition) is 1. The molecule has 0 bridgehead atoms. The Balaban J connectivity index is 1.69. The molecule has 0 saturated carbocycles. The third kappa shape index (κ3) is 3.90. The van der Waals surface area contributed by atoms with Crippen LogP contribution in [0.1, 0.15) is 30.0 Å². The van der Waals surface area contributed by atoms with Crippen molar-refractivity contribution < 1.29 is 9.59 Å². The van der Waals surface area contributed by atoms with Crippen molar-refractivity contribution in [3.63, 3.8) is 0 Å². The standard InChI is InChI=1S/C21H24N2O2/c1-4-16-5-7-18(8-6-16)22-21(25)17-12-20(24)23(13-17)19-10-14(2)9-15(3)11-19/h5-11,17H,4,12-13H2,1-3H3,(H,22,25)/t17-/m0/s1. The maximum absolute atomic E-state index is 12.5. The molecular weight excluding hydrogens is 312 g/mol. The lowest BCUT2D eigenvalue weighted by molar-refractivity contribution is -0.122. The fraction of sp³-hybridized carbons (Fsp3) is 0.333. The molecule has 0 aliphatic carbocycles. The van der Waals surface area contributed by atoms with Crippen LogP contribution >= 0.6 is 0 Å². The van der Waals surface area contributed by atoms with Crippen LogP contribution in [0.25, 0.3) is 0 Å². The Morgan fingerprint density at radius 3 is 2.36 bits per heavy atom. The van der Waals surface area contributed by atoms with Gasteiger partial charge in [-0.05, 0) is 61.2 Å². The molecule has 2 aromatic carbocycles. The number of rotatable bonds is 4. The maximum Gasteiger partial charge on any atom is 0.229 e. The summed E-state index contributed by atoms with van der Waals surface area (Å²) in [6.45, 7) is 6.56. The van der Waals surface area contributed by atoms with Gasteiger partial charge in [0.1, 0.15) is 0 Å². The molecular formula is C21H24N2O2. The number of anilines is 2. The lowest BCUT2D eigenvalue weighted by atomic mass is 10.1. The predicted octanol–water partition coefficient (Wildman–Crippen LogP) is 3.86. The zero-order valence-corrected chi connectivity index (χ0v) is 15.0. The summed E-state index contributed by atoms with van der Waals surface area (Å²) in [5.74, 6) is -0.407. The van der Waals surface area contributed by atoms with E-state index in [0.717, 1.165) is 28.9 Å². The van der Waals surface area contributed by atoms with E-state index in [0.29, 0.717) is 6.54 Å². The Morgan fingerprint density at radius 2 is 1.76 bits per heavy atom. The van der Waals surface area contributed by atoms with E-state index in [1.165, 1.54) is 5.56 Å². The summed E-state index contributed by atoms with van der Waals surface area (Å²) in [6, 6.07) is 13.9. The van der Waals surface area contributed by atoms with Gasteiger partial charge in [-0.15, -0.1) is 0 Å². The van der Waals surface area contributed by atoms with Crippen LogP contribution in [0.3, 0.4) is 0 Å². The van der Waals surface area contributed by atoms with Crippen LogP contribution in [0.2, 0.25) is 0 Å². The second-order valence-electron chi connectivity index (χ2n) is 6.79. The van der Waals surface area contributed by atoms with E-state index in [9.17, 15) is 9.59 Å². The molecule has 0 spiro atoms. The molecule has 1 saturated heterocycles. The number of carbonyl (C=O) groups excluding carboxylic acids is 2. The molecule has 1 N–H and O–H groups in total. The molecule has 4 nitrogen and oxygen atoms in total. The number of carbonyl (C=O) groups is 2. The third-order valence-corrected chi connectivity index (χ3v) is 4.64. The highest BCUT2D eigenvalue weighted by Crippen LogP contribution is 2.27. The zero-order chi connectivity index (χ0) is 18.0. The minimum absolute atomic E-state index is 0.00600. The van der Waals surface area contributed by atoms with E-state index in [4.69, 9.17) is 0 Å². The van der Waals surface area contributed by atoms with E-state index in [1.807, 2.05) is 50.2 Å². The molecule has 2 aromatic rings. The molecule has 2 amide bonds. The number of nitrogens with zero attached hydrogens (tertiary/aromatic N) is 1. The summed E-state index contributed by atoms with van der Waals surface area (Å²) >= 11 is 0. The fourth-order valence-electron chi connectivity index (χ4n) is 3.31. The van der Waals surface area contributed by atoms with Crippen LogP contribution in [0.4, 0.5) is 11.4 Å². The van der Waals surface area contributed by atoms with Gasteiger partial charge in [0.2, 0.25) is 11.8 Å². The first-order valence-electron chi connectivity index (χ1n) is 8.74. The van der Waals surface area contributed by atoms with E-state index in [2.05, 4.69) is 18.3 Å². The van der Waals surface area contributed by atoms with Gasteiger partial charge in [-0.3, -0.25) is 9.59 Å². The Morgan fingerprint density at radius 1 is 1.12 bits per heavy atom.